The first-order valence-electron chi connectivity index (χ1n) is 11.4. The topological polar surface area (TPSA) is 70.2 Å². The molecule has 0 aliphatic carbocycles. The molecule has 0 heterocycles. The zero-order valence-electron chi connectivity index (χ0n) is 22.8. The van der Waals surface area contributed by atoms with Crippen LogP contribution in [0.2, 0.25) is 0 Å². The second-order valence-corrected chi connectivity index (χ2v) is 9.93. The highest BCUT2D eigenvalue weighted by Gasteiger charge is 2.15. The summed E-state index contributed by atoms with van der Waals surface area (Å²) in [4.78, 5) is 0. The number of methoxy groups -OCH3 is 5. The Kier molecular flexibility index (Phi) is 11.5. The third kappa shape index (κ3) is 10.1. The number of hydrogen-bond donors (Lipinski definition) is 2. The molecule has 7 nitrogen and oxygen atoms in total. The fraction of sp³-hybridized carbons (Fsp3) is 0.556. The average Bonchev–Trinajstić information content (AvgIpc) is 2.79. The first-order valence-corrected chi connectivity index (χ1v) is 11.4. The van der Waals surface area contributed by atoms with E-state index in [0.29, 0.717) is 17.2 Å². The molecular weight excluding hydrogens is 432 g/mol. The van der Waals surface area contributed by atoms with Crippen LogP contribution in [0.3, 0.4) is 0 Å². The van der Waals surface area contributed by atoms with Gasteiger partial charge >= 0.3 is 0 Å². The molecule has 0 aromatic heterocycles. The summed E-state index contributed by atoms with van der Waals surface area (Å²) >= 11 is 0. The molecule has 0 saturated heterocycles. The van der Waals surface area contributed by atoms with Gasteiger partial charge in [0, 0.05) is 24.2 Å². The molecule has 0 fully saturated rings. The summed E-state index contributed by atoms with van der Waals surface area (Å²) in [6, 6.07) is 9.89. The molecular formula is C27H44N2O5. The van der Waals surface area contributed by atoms with E-state index in [0.717, 1.165) is 30.2 Å². The van der Waals surface area contributed by atoms with Crippen LogP contribution in [0.25, 0.3) is 0 Å². The molecule has 0 aliphatic heterocycles. The molecule has 2 aromatic rings. The van der Waals surface area contributed by atoms with Crippen molar-refractivity contribution >= 4 is 0 Å². The van der Waals surface area contributed by atoms with Crippen molar-refractivity contribution in [1.29, 1.82) is 0 Å². The van der Waals surface area contributed by atoms with E-state index < -0.39 is 0 Å². The van der Waals surface area contributed by atoms with Gasteiger partial charge in [0.05, 0.1) is 35.5 Å². The van der Waals surface area contributed by atoms with E-state index in [2.05, 4.69) is 52.2 Å². The van der Waals surface area contributed by atoms with Crippen LogP contribution in [0.1, 0.15) is 52.7 Å². The van der Waals surface area contributed by atoms with E-state index in [9.17, 15) is 0 Å². The maximum Gasteiger partial charge on any atom is 0.203 e. The lowest BCUT2D eigenvalue weighted by molar-refractivity contribution is 0.323. The molecule has 0 amide bonds. The van der Waals surface area contributed by atoms with E-state index in [-0.39, 0.29) is 11.1 Å². The van der Waals surface area contributed by atoms with Gasteiger partial charge < -0.3 is 34.3 Å². The molecule has 0 saturated carbocycles. The van der Waals surface area contributed by atoms with Crippen LogP contribution in [-0.4, -0.2) is 46.6 Å². The Labute approximate surface area is 206 Å². The Morgan fingerprint density at radius 1 is 0.529 bits per heavy atom. The lowest BCUT2D eigenvalue weighted by Gasteiger charge is -2.21. The molecule has 2 rings (SSSR count). The van der Waals surface area contributed by atoms with E-state index in [4.69, 9.17) is 23.7 Å². The van der Waals surface area contributed by atoms with Gasteiger partial charge in [-0.05, 0) is 76.9 Å². The van der Waals surface area contributed by atoms with Crippen LogP contribution in [-0.2, 0) is 13.1 Å². The molecule has 0 unspecified atom stereocenters. The van der Waals surface area contributed by atoms with Crippen LogP contribution in [0.4, 0.5) is 0 Å². The molecule has 0 bridgehead atoms. The van der Waals surface area contributed by atoms with Gasteiger partial charge in [0.1, 0.15) is 0 Å². The van der Waals surface area contributed by atoms with Gasteiger partial charge in [-0.1, -0.05) is 6.07 Å². The highest BCUT2D eigenvalue weighted by Crippen LogP contribution is 2.38. The molecule has 0 spiro atoms. The number of rotatable bonds is 9. The largest absolute Gasteiger partial charge is 0.493 e. The van der Waals surface area contributed by atoms with Crippen LogP contribution in [0.15, 0.2) is 30.3 Å². The molecule has 2 N–H and O–H groups in total. The molecule has 7 heteroatoms. The Hall–Kier alpha value is -2.64. The van der Waals surface area contributed by atoms with Crippen LogP contribution >= 0.6 is 0 Å². The fourth-order valence-electron chi connectivity index (χ4n) is 2.96. The summed E-state index contributed by atoms with van der Waals surface area (Å²) in [6.07, 6.45) is 0. The van der Waals surface area contributed by atoms with Crippen LogP contribution in [0, 0.1) is 0 Å². The third-order valence-electron chi connectivity index (χ3n) is 4.82. The zero-order chi connectivity index (χ0) is 25.9. The van der Waals surface area contributed by atoms with Crippen molar-refractivity contribution in [3.63, 3.8) is 0 Å². The van der Waals surface area contributed by atoms with Gasteiger partial charge in [-0.25, -0.2) is 0 Å². The molecule has 0 radical (unpaired) electrons. The zero-order valence-corrected chi connectivity index (χ0v) is 22.8. The molecule has 0 atom stereocenters. The van der Waals surface area contributed by atoms with E-state index in [1.807, 2.05) is 30.3 Å². The Morgan fingerprint density at radius 3 is 1.32 bits per heavy atom. The van der Waals surface area contributed by atoms with Gasteiger partial charge in [-0.2, -0.15) is 0 Å². The Balaban J connectivity index is 0.000000342. The summed E-state index contributed by atoms with van der Waals surface area (Å²) in [5, 5.41) is 6.86. The predicted octanol–water partition coefficient (Wildman–Crippen LogP) is 5.19. The lowest BCUT2D eigenvalue weighted by atomic mass is 10.1. The van der Waals surface area contributed by atoms with E-state index in [1.54, 1.807) is 35.5 Å². The van der Waals surface area contributed by atoms with Gasteiger partial charge in [0.2, 0.25) is 5.75 Å². The van der Waals surface area contributed by atoms with Crippen molar-refractivity contribution in [2.45, 2.75) is 65.7 Å². The highest BCUT2D eigenvalue weighted by atomic mass is 16.5. The minimum Gasteiger partial charge on any atom is -0.493 e. The van der Waals surface area contributed by atoms with Crippen LogP contribution in [0.5, 0.6) is 28.7 Å². The summed E-state index contributed by atoms with van der Waals surface area (Å²) < 4.78 is 26.4. The minimum atomic E-state index is 0.0698. The first kappa shape index (κ1) is 29.4. The van der Waals surface area contributed by atoms with Crippen LogP contribution < -0.4 is 34.3 Å². The van der Waals surface area contributed by atoms with Gasteiger partial charge in [0.15, 0.2) is 23.0 Å². The Bertz CT molecular complexity index is 861. The summed E-state index contributed by atoms with van der Waals surface area (Å²) in [6.45, 7) is 14.4. The molecule has 2 aromatic carbocycles. The number of benzene rings is 2. The normalized spacial score (nSPS) is 11.3. The van der Waals surface area contributed by atoms with Crippen molar-refractivity contribution in [3.05, 3.63) is 41.5 Å². The molecule has 0 aliphatic rings. The maximum atomic E-state index is 5.32. The number of hydrogen-bond acceptors (Lipinski definition) is 7. The first-order chi connectivity index (χ1) is 15.9. The molecule has 192 valence electrons. The number of nitrogens with one attached hydrogen (secondary N) is 2. The monoisotopic (exact) mass is 476 g/mol. The minimum absolute atomic E-state index is 0.0698. The average molecular weight is 477 g/mol. The smallest absolute Gasteiger partial charge is 0.203 e. The third-order valence-corrected chi connectivity index (χ3v) is 4.82. The van der Waals surface area contributed by atoms with Gasteiger partial charge in [0.25, 0.3) is 0 Å². The quantitative estimate of drug-likeness (QED) is 0.516. The lowest BCUT2D eigenvalue weighted by Crippen LogP contribution is -2.35. The van der Waals surface area contributed by atoms with Crippen molar-refractivity contribution in [2.24, 2.45) is 0 Å². The predicted molar refractivity (Wildman–Crippen MR) is 139 cm³/mol. The highest BCUT2D eigenvalue weighted by molar-refractivity contribution is 5.53. The summed E-state index contributed by atoms with van der Waals surface area (Å²) in [5.74, 6) is 3.53. The summed E-state index contributed by atoms with van der Waals surface area (Å²) in [7, 11) is 8.15. The number of ether oxygens (including phenoxy) is 5. The van der Waals surface area contributed by atoms with E-state index >= 15 is 0 Å². The summed E-state index contributed by atoms with van der Waals surface area (Å²) in [5.41, 5.74) is 2.47. The second kappa shape index (κ2) is 13.3. The SMILES string of the molecule is COc1cc(CNC(C)(C)C)cc(OC)c1OC.COc1ccc(CNC(C)(C)C)cc1OC. The Morgan fingerprint density at radius 2 is 0.941 bits per heavy atom. The van der Waals surface area contributed by atoms with Crippen molar-refractivity contribution < 1.29 is 23.7 Å². The fourth-order valence-corrected chi connectivity index (χ4v) is 2.96. The van der Waals surface area contributed by atoms with Gasteiger partial charge in [-0.3, -0.25) is 0 Å². The second-order valence-electron chi connectivity index (χ2n) is 9.93. The van der Waals surface area contributed by atoms with Crippen molar-refractivity contribution in [1.82, 2.24) is 10.6 Å². The maximum absolute atomic E-state index is 5.32. The standard InChI is InChI=1S/C14H23NO3.C13H21NO2/c1-14(2,3)15-9-10-7-11(16-4)13(18-6)12(8-10)17-5;1-13(2,3)14-9-10-6-7-11(15-4)12(8-10)16-5/h7-8,15H,9H2,1-6H3;6-8,14H,9H2,1-5H3. The van der Waals surface area contributed by atoms with E-state index in [1.165, 1.54) is 5.56 Å². The molecule has 34 heavy (non-hydrogen) atoms. The van der Waals surface area contributed by atoms with Crippen molar-refractivity contribution in [2.75, 3.05) is 35.5 Å². The van der Waals surface area contributed by atoms with Crippen molar-refractivity contribution in [3.8, 4) is 28.7 Å². The van der Waals surface area contributed by atoms with Gasteiger partial charge in [-0.15, -0.1) is 0 Å².